The Morgan fingerprint density at radius 3 is 2.42 bits per heavy atom. The van der Waals surface area contributed by atoms with Crippen LogP contribution in [0.2, 0.25) is 0 Å². The van der Waals surface area contributed by atoms with Gasteiger partial charge in [0, 0.05) is 26.2 Å². The minimum atomic E-state index is -0.148. The Morgan fingerprint density at radius 2 is 1.73 bits per heavy atom. The zero-order valence-corrected chi connectivity index (χ0v) is 15.6. The van der Waals surface area contributed by atoms with Crippen molar-refractivity contribution in [3.05, 3.63) is 54.1 Å². The lowest BCUT2D eigenvalue weighted by molar-refractivity contribution is -0.118. The minimum Gasteiger partial charge on any atom is -0.484 e. The van der Waals surface area contributed by atoms with Crippen molar-refractivity contribution in [2.75, 3.05) is 49.5 Å². The number of nitrogens with one attached hydrogen (secondary N) is 1. The number of likely N-dealkylation sites (N-methyl/N-ethyl adjacent to an activating group) is 1. The first-order valence-corrected chi connectivity index (χ1v) is 9.21. The van der Waals surface area contributed by atoms with Crippen molar-refractivity contribution in [1.29, 1.82) is 0 Å². The van der Waals surface area contributed by atoms with E-state index in [2.05, 4.69) is 28.1 Å². The smallest absolute Gasteiger partial charge is 0.262 e. The van der Waals surface area contributed by atoms with Crippen LogP contribution in [0.15, 0.2) is 48.5 Å². The molecule has 0 bridgehead atoms. The Hall–Kier alpha value is -2.53. The number of aryl methyl sites for hydroxylation is 1. The molecule has 1 fully saturated rings. The fraction of sp³-hybridized carbons (Fsp3) is 0.381. The number of hydrogen-bond acceptors (Lipinski definition) is 4. The summed E-state index contributed by atoms with van der Waals surface area (Å²) in [6.45, 7) is 9.35. The molecule has 0 spiro atoms. The summed E-state index contributed by atoms with van der Waals surface area (Å²) in [5.41, 5.74) is 3.08. The molecule has 0 unspecified atom stereocenters. The maximum absolute atomic E-state index is 12.3. The quantitative estimate of drug-likeness (QED) is 0.866. The van der Waals surface area contributed by atoms with Gasteiger partial charge >= 0.3 is 0 Å². The van der Waals surface area contributed by atoms with Crippen LogP contribution in [0.25, 0.3) is 0 Å². The van der Waals surface area contributed by atoms with Crippen LogP contribution in [-0.4, -0.2) is 50.1 Å². The van der Waals surface area contributed by atoms with Gasteiger partial charge in [0.1, 0.15) is 5.75 Å². The van der Waals surface area contributed by atoms with E-state index in [-0.39, 0.29) is 12.5 Å². The number of benzene rings is 2. The zero-order chi connectivity index (χ0) is 18.4. The number of amides is 1. The third kappa shape index (κ3) is 4.76. The third-order valence-electron chi connectivity index (χ3n) is 4.73. The van der Waals surface area contributed by atoms with Gasteiger partial charge in [-0.05, 0) is 37.7 Å². The van der Waals surface area contributed by atoms with E-state index in [4.69, 9.17) is 4.74 Å². The van der Waals surface area contributed by atoms with Crippen LogP contribution in [0.3, 0.4) is 0 Å². The molecule has 0 atom stereocenters. The molecule has 2 aromatic carbocycles. The predicted molar refractivity (Wildman–Crippen MR) is 106 cm³/mol. The number of hydrogen-bond donors (Lipinski definition) is 1. The highest BCUT2D eigenvalue weighted by molar-refractivity contribution is 5.95. The van der Waals surface area contributed by atoms with Gasteiger partial charge in [-0.3, -0.25) is 4.79 Å². The molecule has 1 amide bonds. The number of para-hydroxylation sites is 2. The van der Waals surface area contributed by atoms with E-state index in [9.17, 15) is 4.79 Å². The number of rotatable bonds is 6. The highest BCUT2D eigenvalue weighted by Gasteiger charge is 2.18. The molecule has 138 valence electrons. The summed E-state index contributed by atoms with van der Waals surface area (Å²) < 4.78 is 5.58. The second kappa shape index (κ2) is 8.72. The van der Waals surface area contributed by atoms with Crippen molar-refractivity contribution in [2.24, 2.45) is 0 Å². The summed E-state index contributed by atoms with van der Waals surface area (Å²) in [4.78, 5) is 17.1. The van der Waals surface area contributed by atoms with Gasteiger partial charge in [0.25, 0.3) is 5.91 Å². The van der Waals surface area contributed by atoms with Crippen LogP contribution in [0.1, 0.15) is 12.5 Å². The lowest BCUT2D eigenvalue weighted by Crippen LogP contribution is -2.46. The molecule has 1 aliphatic rings. The van der Waals surface area contributed by atoms with Crippen molar-refractivity contribution in [3.8, 4) is 5.75 Å². The fourth-order valence-electron chi connectivity index (χ4n) is 3.13. The summed E-state index contributed by atoms with van der Waals surface area (Å²) in [6, 6.07) is 15.7. The van der Waals surface area contributed by atoms with E-state index >= 15 is 0 Å². The number of ether oxygens (including phenoxy) is 1. The highest BCUT2D eigenvalue weighted by Crippen LogP contribution is 2.26. The Morgan fingerprint density at radius 1 is 1.04 bits per heavy atom. The lowest BCUT2D eigenvalue weighted by atomic mass is 10.2. The molecule has 0 saturated carbocycles. The molecule has 26 heavy (non-hydrogen) atoms. The van der Waals surface area contributed by atoms with Crippen LogP contribution in [-0.2, 0) is 4.79 Å². The molecule has 1 aliphatic heterocycles. The van der Waals surface area contributed by atoms with E-state index in [1.165, 1.54) is 5.56 Å². The van der Waals surface area contributed by atoms with Crippen LogP contribution >= 0.6 is 0 Å². The van der Waals surface area contributed by atoms with Gasteiger partial charge in [-0.15, -0.1) is 0 Å². The highest BCUT2D eigenvalue weighted by atomic mass is 16.5. The molecule has 0 radical (unpaired) electrons. The average molecular weight is 353 g/mol. The second-order valence-corrected chi connectivity index (χ2v) is 6.59. The van der Waals surface area contributed by atoms with E-state index in [1.54, 1.807) is 0 Å². The number of carbonyl (C=O) groups excluding carboxylic acids is 1. The Kier molecular flexibility index (Phi) is 6.12. The molecular formula is C21H27N3O2. The molecule has 2 aromatic rings. The Labute approximate surface area is 155 Å². The largest absolute Gasteiger partial charge is 0.484 e. The zero-order valence-electron chi connectivity index (χ0n) is 15.6. The summed E-state index contributed by atoms with van der Waals surface area (Å²) in [5.74, 6) is 0.556. The van der Waals surface area contributed by atoms with Gasteiger partial charge in [0.2, 0.25) is 0 Å². The van der Waals surface area contributed by atoms with Gasteiger partial charge in [0.05, 0.1) is 11.4 Å². The molecular weight excluding hydrogens is 326 g/mol. The first kappa shape index (κ1) is 18.3. The molecule has 1 N–H and O–H groups in total. The van der Waals surface area contributed by atoms with Crippen molar-refractivity contribution < 1.29 is 9.53 Å². The lowest BCUT2D eigenvalue weighted by Gasteiger charge is -2.36. The van der Waals surface area contributed by atoms with Crippen molar-refractivity contribution in [1.82, 2.24) is 4.90 Å². The topological polar surface area (TPSA) is 44.8 Å². The summed E-state index contributed by atoms with van der Waals surface area (Å²) in [6.07, 6.45) is 0. The number of carbonyl (C=O) groups is 1. The Bertz CT molecular complexity index is 722. The predicted octanol–water partition coefficient (Wildman–Crippen LogP) is 3.15. The first-order valence-electron chi connectivity index (χ1n) is 9.21. The normalized spacial score (nSPS) is 14.9. The van der Waals surface area contributed by atoms with Gasteiger partial charge < -0.3 is 19.9 Å². The number of nitrogens with zero attached hydrogens (tertiary/aromatic N) is 2. The van der Waals surface area contributed by atoms with Crippen molar-refractivity contribution in [2.45, 2.75) is 13.8 Å². The van der Waals surface area contributed by atoms with Gasteiger partial charge in [-0.2, -0.15) is 0 Å². The average Bonchev–Trinajstić information content (AvgIpc) is 2.68. The van der Waals surface area contributed by atoms with Crippen LogP contribution in [0.5, 0.6) is 5.75 Å². The van der Waals surface area contributed by atoms with E-state index < -0.39 is 0 Å². The molecule has 1 saturated heterocycles. The SMILES string of the molecule is CCN1CCN(c2ccccc2NC(=O)COc2ccc(C)cc2)CC1. The number of piperazine rings is 1. The molecule has 5 heteroatoms. The monoisotopic (exact) mass is 353 g/mol. The van der Waals surface area contributed by atoms with E-state index in [0.717, 1.165) is 44.1 Å². The van der Waals surface area contributed by atoms with Crippen molar-refractivity contribution in [3.63, 3.8) is 0 Å². The number of anilines is 2. The molecule has 1 heterocycles. The molecule has 3 rings (SSSR count). The Balaban J connectivity index is 1.59. The minimum absolute atomic E-state index is 0.001000. The second-order valence-electron chi connectivity index (χ2n) is 6.59. The standard InChI is InChI=1S/C21H27N3O2/c1-3-23-12-14-24(15-13-23)20-7-5-4-6-19(20)22-21(25)16-26-18-10-8-17(2)9-11-18/h4-11H,3,12-16H2,1-2H3,(H,22,25). The maximum atomic E-state index is 12.3. The molecule has 0 aromatic heterocycles. The third-order valence-corrected chi connectivity index (χ3v) is 4.73. The summed E-state index contributed by atoms with van der Waals surface area (Å²) in [7, 11) is 0. The summed E-state index contributed by atoms with van der Waals surface area (Å²) in [5, 5.41) is 3.00. The van der Waals surface area contributed by atoms with Gasteiger partial charge in [0.15, 0.2) is 6.61 Å². The van der Waals surface area contributed by atoms with Crippen LogP contribution in [0.4, 0.5) is 11.4 Å². The van der Waals surface area contributed by atoms with Gasteiger partial charge in [-0.1, -0.05) is 36.8 Å². The summed E-state index contributed by atoms with van der Waals surface area (Å²) >= 11 is 0. The molecule has 0 aliphatic carbocycles. The maximum Gasteiger partial charge on any atom is 0.262 e. The van der Waals surface area contributed by atoms with E-state index in [0.29, 0.717) is 5.75 Å². The molecule has 5 nitrogen and oxygen atoms in total. The van der Waals surface area contributed by atoms with E-state index in [1.807, 2.05) is 49.4 Å². The van der Waals surface area contributed by atoms with Crippen molar-refractivity contribution >= 4 is 17.3 Å². The first-order chi connectivity index (χ1) is 12.7. The van der Waals surface area contributed by atoms with Crippen LogP contribution in [0, 0.1) is 6.92 Å². The van der Waals surface area contributed by atoms with Gasteiger partial charge in [-0.25, -0.2) is 0 Å². The fourth-order valence-corrected chi connectivity index (χ4v) is 3.13. The van der Waals surface area contributed by atoms with Crippen LogP contribution < -0.4 is 15.0 Å².